The number of hydrogen-bond acceptors (Lipinski definition) is 12. The van der Waals surface area contributed by atoms with Crippen LogP contribution in [0.3, 0.4) is 0 Å². The van der Waals surface area contributed by atoms with E-state index >= 15 is 0 Å². The summed E-state index contributed by atoms with van der Waals surface area (Å²) in [7, 11) is 0. The number of carbonyl (C=O) groups is 6. The van der Waals surface area contributed by atoms with E-state index in [2.05, 4.69) is 18.9 Å². The lowest BCUT2D eigenvalue weighted by atomic mass is 10.0. The van der Waals surface area contributed by atoms with Crippen LogP contribution in [-0.4, -0.2) is 74.2 Å². The number of rotatable bonds is 11. The van der Waals surface area contributed by atoms with Gasteiger partial charge in [-0.2, -0.15) is 0 Å². The molecule has 0 bridgehead atoms. The number of primary amides is 6. The second kappa shape index (κ2) is 12.2. The molecule has 0 heterocycles. The Hall–Kier alpha value is -4.38. The minimum atomic E-state index is -2.01. The molecule has 4 atom stereocenters. The van der Waals surface area contributed by atoms with Crippen LogP contribution in [0.15, 0.2) is 0 Å². The highest BCUT2D eigenvalue weighted by Crippen LogP contribution is 2.20. The van der Waals surface area contributed by atoms with Gasteiger partial charge in [-0.25, -0.2) is 28.8 Å². The largest absolute Gasteiger partial charge is 0.446 e. The predicted molar refractivity (Wildman–Crippen MR) is 88.9 cm³/mol. The fourth-order valence-electron chi connectivity index (χ4n) is 2.00. The normalized spacial score (nSPS) is 14.0. The van der Waals surface area contributed by atoms with Gasteiger partial charge >= 0.3 is 36.6 Å². The molecule has 6 amide bonds. The van der Waals surface area contributed by atoms with Crippen LogP contribution in [0.1, 0.15) is 0 Å². The molecule has 0 radical (unpaired) electrons. The van der Waals surface area contributed by atoms with E-state index in [-0.39, 0.29) is 0 Å². The van der Waals surface area contributed by atoms with E-state index in [9.17, 15) is 28.8 Å². The van der Waals surface area contributed by atoms with E-state index < -0.39 is 74.2 Å². The van der Waals surface area contributed by atoms with Crippen molar-refractivity contribution in [2.45, 2.75) is 24.4 Å². The number of nitrogens with two attached hydrogens (primary N) is 6. The fraction of sp³-hybridized carbons (Fsp3) is 0.500. The van der Waals surface area contributed by atoms with E-state index in [0.29, 0.717) is 0 Å². The third-order valence-electron chi connectivity index (χ3n) is 2.88. The van der Waals surface area contributed by atoms with E-state index in [0.717, 1.165) is 0 Å². The van der Waals surface area contributed by atoms with Gasteiger partial charge < -0.3 is 62.8 Å². The summed E-state index contributed by atoms with van der Waals surface area (Å²) >= 11 is 0. The standard InChI is InChI=1S/C12H20N6O12/c13-7(19)25-1-3(27-9(15)21)5(29-11(17)23)6(30-12(18)24)4(28-10(16)22)2-26-8(14)20/h3-6H,1-2H2,(H2,13,19)(H2,14,20)(H2,15,21)(H2,16,22)(H2,17,23)(H2,18,24). The van der Waals surface area contributed by atoms with E-state index in [1.54, 1.807) is 0 Å². The van der Waals surface area contributed by atoms with Crippen LogP contribution in [0, 0.1) is 0 Å². The molecule has 18 heteroatoms. The van der Waals surface area contributed by atoms with Crippen molar-refractivity contribution in [2.24, 2.45) is 34.4 Å². The van der Waals surface area contributed by atoms with Gasteiger partial charge in [-0.15, -0.1) is 0 Å². The second-order valence-corrected chi connectivity index (χ2v) is 5.01. The molecule has 4 unspecified atom stereocenters. The van der Waals surface area contributed by atoms with Crippen LogP contribution in [-0.2, 0) is 28.4 Å². The maximum Gasteiger partial charge on any atom is 0.405 e. The molecule has 0 rings (SSSR count). The average molecular weight is 440 g/mol. The summed E-state index contributed by atoms with van der Waals surface area (Å²) in [5.41, 5.74) is 29.3. The molecule has 18 nitrogen and oxygen atoms in total. The van der Waals surface area contributed by atoms with E-state index in [4.69, 9.17) is 43.9 Å². The maximum absolute atomic E-state index is 11.3. The first kappa shape index (κ1) is 25.6. The van der Waals surface area contributed by atoms with Crippen LogP contribution >= 0.6 is 0 Å². The van der Waals surface area contributed by atoms with Crippen molar-refractivity contribution >= 4 is 36.6 Å². The van der Waals surface area contributed by atoms with Gasteiger partial charge in [0, 0.05) is 0 Å². The Kier molecular flexibility index (Phi) is 10.4. The Labute approximate surface area is 166 Å². The highest BCUT2D eigenvalue weighted by molar-refractivity contribution is 5.68. The molecule has 0 aliphatic heterocycles. The Morgan fingerprint density at radius 1 is 0.467 bits per heavy atom. The summed E-state index contributed by atoms with van der Waals surface area (Å²) in [5, 5.41) is 0. The Bertz CT molecular complexity index is 616. The molecule has 170 valence electrons. The van der Waals surface area contributed by atoms with E-state index in [1.165, 1.54) is 0 Å². The maximum atomic E-state index is 11.3. The quantitative estimate of drug-likeness (QED) is 0.175. The monoisotopic (exact) mass is 440 g/mol. The average Bonchev–Trinajstić information content (AvgIpc) is 2.57. The first-order chi connectivity index (χ1) is 13.8. The third-order valence-corrected chi connectivity index (χ3v) is 2.88. The zero-order valence-corrected chi connectivity index (χ0v) is 15.1. The van der Waals surface area contributed by atoms with Gasteiger partial charge in [0.2, 0.25) is 0 Å². The second-order valence-electron chi connectivity index (χ2n) is 5.01. The molecule has 30 heavy (non-hydrogen) atoms. The third kappa shape index (κ3) is 10.7. The minimum absolute atomic E-state index is 0.922. The van der Waals surface area contributed by atoms with Crippen molar-refractivity contribution in [1.82, 2.24) is 0 Å². The van der Waals surface area contributed by atoms with Crippen molar-refractivity contribution < 1.29 is 57.2 Å². The van der Waals surface area contributed by atoms with E-state index in [1.807, 2.05) is 0 Å². The zero-order valence-electron chi connectivity index (χ0n) is 15.1. The molecule has 0 fully saturated rings. The molecule has 0 aliphatic carbocycles. The van der Waals surface area contributed by atoms with Gasteiger partial charge in [0.15, 0.2) is 24.4 Å². The van der Waals surface area contributed by atoms with Crippen molar-refractivity contribution in [3.05, 3.63) is 0 Å². The lowest BCUT2D eigenvalue weighted by Crippen LogP contribution is -2.56. The minimum Gasteiger partial charge on any atom is -0.446 e. The molecule has 0 aliphatic rings. The first-order valence-electron chi connectivity index (χ1n) is 7.52. The van der Waals surface area contributed by atoms with Crippen LogP contribution in [0.5, 0.6) is 0 Å². The molecule has 0 spiro atoms. The fourth-order valence-corrected chi connectivity index (χ4v) is 2.00. The van der Waals surface area contributed by atoms with Crippen molar-refractivity contribution in [3.8, 4) is 0 Å². The zero-order chi connectivity index (χ0) is 23.4. The van der Waals surface area contributed by atoms with Gasteiger partial charge in [0.05, 0.1) is 0 Å². The summed E-state index contributed by atoms with van der Waals surface area (Å²) in [5.74, 6) is 0. The molecule has 0 saturated heterocycles. The van der Waals surface area contributed by atoms with Crippen molar-refractivity contribution in [1.29, 1.82) is 0 Å². The lowest BCUT2D eigenvalue weighted by Gasteiger charge is -2.34. The number of carbonyl (C=O) groups excluding carboxylic acids is 6. The van der Waals surface area contributed by atoms with Gasteiger partial charge in [0.25, 0.3) is 0 Å². The topological polar surface area (TPSA) is 314 Å². The highest BCUT2D eigenvalue weighted by Gasteiger charge is 2.45. The molecule has 0 saturated carbocycles. The Balaban J connectivity index is 6.19. The molecular weight excluding hydrogens is 420 g/mol. The van der Waals surface area contributed by atoms with Gasteiger partial charge in [0.1, 0.15) is 13.2 Å². The Morgan fingerprint density at radius 3 is 0.933 bits per heavy atom. The lowest BCUT2D eigenvalue weighted by molar-refractivity contribution is -0.126. The van der Waals surface area contributed by atoms with Crippen LogP contribution < -0.4 is 34.4 Å². The molecule has 0 aromatic heterocycles. The molecule has 12 N–H and O–H groups in total. The Morgan fingerprint density at radius 2 is 0.733 bits per heavy atom. The van der Waals surface area contributed by atoms with Gasteiger partial charge in [-0.05, 0) is 0 Å². The summed E-state index contributed by atoms with van der Waals surface area (Å²) in [4.78, 5) is 66.8. The van der Waals surface area contributed by atoms with Crippen molar-refractivity contribution in [3.63, 3.8) is 0 Å². The number of hydrogen-bond donors (Lipinski definition) is 6. The van der Waals surface area contributed by atoms with Gasteiger partial charge in [-0.3, -0.25) is 0 Å². The predicted octanol–water partition coefficient (Wildman–Crippen LogP) is -2.97. The van der Waals surface area contributed by atoms with Crippen LogP contribution in [0.4, 0.5) is 28.8 Å². The SMILES string of the molecule is NC(=O)OCC(OC(N)=O)C(OC(N)=O)C(OC(N)=O)C(COC(N)=O)OC(N)=O. The molecule has 0 aromatic rings. The smallest absolute Gasteiger partial charge is 0.405 e. The van der Waals surface area contributed by atoms with Crippen molar-refractivity contribution in [2.75, 3.05) is 13.2 Å². The summed E-state index contributed by atoms with van der Waals surface area (Å²) in [6.45, 7) is -1.84. The molecular formula is C12H20N6O12. The van der Waals surface area contributed by atoms with Gasteiger partial charge in [-0.1, -0.05) is 0 Å². The summed E-state index contributed by atoms with van der Waals surface area (Å²) < 4.78 is 27.6. The van der Waals surface area contributed by atoms with Crippen LogP contribution in [0.25, 0.3) is 0 Å². The molecule has 0 aromatic carbocycles. The highest BCUT2D eigenvalue weighted by atomic mass is 16.7. The van der Waals surface area contributed by atoms with Crippen LogP contribution in [0.2, 0.25) is 0 Å². The first-order valence-corrected chi connectivity index (χ1v) is 7.52. The summed E-state index contributed by atoms with van der Waals surface area (Å²) in [6, 6.07) is 0. The number of amides is 6. The number of ether oxygens (including phenoxy) is 6. The summed E-state index contributed by atoms with van der Waals surface area (Å²) in [6.07, 6.45) is -16.5.